The number of rotatable bonds is 4. The molecule has 0 fully saturated rings. The van der Waals surface area contributed by atoms with Gasteiger partial charge in [-0.2, -0.15) is 8.42 Å². The molecule has 8 heteroatoms. The Bertz CT molecular complexity index is 216. The summed E-state index contributed by atoms with van der Waals surface area (Å²) in [6.07, 6.45) is 3.28. The second-order valence-corrected chi connectivity index (χ2v) is 3.19. The molecule has 14 heavy (non-hydrogen) atoms. The van der Waals surface area contributed by atoms with Gasteiger partial charge in [-0.25, -0.2) is 0 Å². The van der Waals surface area contributed by atoms with Crippen LogP contribution in [0.4, 0.5) is 0 Å². The van der Waals surface area contributed by atoms with Gasteiger partial charge in [-0.1, -0.05) is 19.8 Å². The van der Waals surface area contributed by atoms with Gasteiger partial charge < -0.3 is 11.3 Å². The van der Waals surface area contributed by atoms with Crippen LogP contribution in [-0.4, -0.2) is 28.6 Å². The Kier molecular flexibility index (Phi) is 14.1. The fraction of sp³-hybridized carbons (Fsp3) is 0.833. The molecule has 0 rings (SSSR count). The third kappa shape index (κ3) is 64.8. The van der Waals surface area contributed by atoms with Crippen molar-refractivity contribution in [1.29, 1.82) is 0 Å². The predicted octanol–water partition coefficient (Wildman–Crippen LogP) is 1.16. The minimum Gasteiger partial charge on any atom is -0.481 e. The molecule has 0 bridgehead atoms. The summed E-state index contributed by atoms with van der Waals surface area (Å²) in [5.41, 5.74) is 0. The van der Waals surface area contributed by atoms with Gasteiger partial charge in [-0.15, -0.1) is 0 Å². The van der Waals surface area contributed by atoms with Crippen LogP contribution in [0.1, 0.15) is 32.6 Å². The van der Waals surface area contributed by atoms with E-state index in [4.69, 9.17) is 22.6 Å². The maximum absolute atomic E-state index is 9.87. The molecule has 0 aromatic heterocycles. The predicted molar refractivity (Wildman–Crippen MR) is 51.0 cm³/mol. The van der Waals surface area contributed by atoms with Gasteiger partial charge in [-0.3, -0.25) is 13.9 Å². The molecule has 0 aliphatic carbocycles. The second kappa shape index (κ2) is 10.4. The lowest BCUT2D eigenvalue weighted by Crippen LogP contribution is -1.92. The van der Waals surface area contributed by atoms with Crippen LogP contribution in [-0.2, 0) is 15.2 Å². The van der Waals surface area contributed by atoms with Crippen molar-refractivity contribution in [1.82, 2.24) is 6.15 Å². The molecule has 0 amide bonds. The van der Waals surface area contributed by atoms with E-state index >= 15 is 0 Å². The average Bonchev–Trinajstić information content (AvgIpc) is 1.83. The zero-order valence-corrected chi connectivity index (χ0v) is 8.83. The van der Waals surface area contributed by atoms with E-state index in [-0.39, 0.29) is 6.15 Å². The summed E-state index contributed by atoms with van der Waals surface area (Å²) in [5, 5.41) is 8.14. The Morgan fingerprint density at radius 1 is 1.21 bits per heavy atom. The van der Waals surface area contributed by atoms with E-state index in [2.05, 4.69) is 6.92 Å². The van der Waals surface area contributed by atoms with Crippen LogP contribution in [0.3, 0.4) is 0 Å². The molecule has 0 spiro atoms. The Labute approximate surface area is 83.3 Å². The lowest BCUT2D eigenvalue weighted by atomic mass is 10.2. The Morgan fingerprint density at radius 3 is 1.79 bits per heavy atom. The maximum atomic E-state index is 9.87. The van der Waals surface area contributed by atoms with Crippen LogP contribution in [0.15, 0.2) is 0 Å². The molecule has 0 aliphatic rings. The van der Waals surface area contributed by atoms with Gasteiger partial charge >= 0.3 is 16.4 Å². The second-order valence-electron chi connectivity index (χ2n) is 2.30. The quantitative estimate of drug-likeness (QED) is 0.419. The number of aliphatic carboxylic acids is 1. The molecule has 6 N–H and O–H groups in total. The summed E-state index contributed by atoms with van der Waals surface area (Å²) in [4.78, 5) is 9.87. The molecule has 0 aromatic rings. The minimum atomic E-state index is -4.67. The average molecular weight is 231 g/mol. The highest BCUT2D eigenvalue weighted by Crippen LogP contribution is 1.97. The standard InChI is InChI=1S/C6H12O2.H3N.H2O4S/c1-2-3-4-5-6(7)8;;1-5(2,3)4/h2-5H2,1H3,(H,7,8);1H3;(H2,1,2,3,4). The highest BCUT2D eigenvalue weighted by atomic mass is 32.3. The first-order chi connectivity index (χ1) is 5.77. The van der Waals surface area contributed by atoms with E-state index in [1.54, 1.807) is 0 Å². The zero-order chi connectivity index (χ0) is 10.9. The van der Waals surface area contributed by atoms with E-state index in [1.165, 1.54) is 0 Å². The highest BCUT2D eigenvalue weighted by Gasteiger charge is 1.92. The van der Waals surface area contributed by atoms with Crippen molar-refractivity contribution in [3.63, 3.8) is 0 Å². The molecule has 0 saturated heterocycles. The van der Waals surface area contributed by atoms with Crippen LogP contribution < -0.4 is 6.15 Å². The molecule has 7 nitrogen and oxygen atoms in total. The Hall–Kier alpha value is -0.700. The van der Waals surface area contributed by atoms with Crippen LogP contribution in [0.25, 0.3) is 0 Å². The SMILES string of the molecule is CCCCCC(=O)O.N.O=S(=O)(O)O. The third-order valence-electron chi connectivity index (χ3n) is 0.994. The molecular weight excluding hydrogens is 214 g/mol. The van der Waals surface area contributed by atoms with Crippen LogP contribution in [0, 0.1) is 0 Å². The zero-order valence-electron chi connectivity index (χ0n) is 8.01. The lowest BCUT2D eigenvalue weighted by Gasteiger charge is -1.89. The molecular formula is C6H17NO6S. The molecule has 0 saturated carbocycles. The molecule has 0 aromatic carbocycles. The molecule has 0 heterocycles. The maximum Gasteiger partial charge on any atom is 0.394 e. The van der Waals surface area contributed by atoms with Crippen molar-refractivity contribution in [3.05, 3.63) is 0 Å². The minimum absolute atomic E-state index is 0. The molecule has 88 valence electrons. The van der Waals surface area contributed by atoms with E-state index in [1.807, 2.05) is 0 Å². The van der Waals surface area contributed by atoms with Gasteiger partial charge in [0.2, 0.25) is 0 Å². The van der Waals surface area contributed by atoms with Crippen LogP contribution >= 0.6 is 0 Å². The fourth-order valence-corrected chi connectivity index (χ4v) is 0.526. The van der Waals surface area contributed by atoms with Crippen LogP contribution in [0.5, 0.6) is 0 Å². The third-order valence-corrected chi connectivity index (χ3v) is 0.994. The molecule has 0 atom stereocenters. The van der Waals surface area contributed by atoms with Gasteiger partial charge in [0.05, 0.1) is 0 Å². The number of carboxylic acids is 1. The van der Waals surface area contributed by atoms with E-state index < -0.39 is 16.4 Å². The topological polar surface area (TPSA) is 147 Å². The monoisotopic (exact) mass is 231 g/mol. The first-order valence-corrected chi connectivity index (χ1v) is 5.08. The summed E-state index contributed by atoms with van der Waals surface area (Å²) >= 11 is 0. The Balaban J connectivity index is -0.000000177. The van der Waals surface area contributed by atoms with E-state index in [9.17, 15) is 4.79 Å². The van der Waals surface area contributed by atoms with Crippen molar-refractivity contribution in [2.24, 2.45) is 0 Å². The summed E-state index contributed by atoms with van der Waals surface area (Å²) in [6, 6.07) is 0. The van der Waals surface area contributed by atoms with Crippen LogP contribution in [0.2, 0.25) is 0 Å². The van der Waals surface area contributed by atoms with Crippen molar-refractivity contribution in [2.45, 2.75) is 32.6 Å². The summed E-state index contributed by atoms with van der Waals surface area (Å²) in [6.45, 7) is 2.06. The van der Waals surface area contributed by atoms with Gasteiger partial charge in [0.1, 0.15) is 0 Å². The first-order valence-electron chi connectivity index (χ1n) is 3.69. The molecule has 0 unspecified atom stereocenters. The van der Waals surface area contributed by atoms with Gasteiger partial charge in [0, 0.05) is 6.42 Å². The van der Waals surface area contributed by atoms with Crippen molar-refractivity contribution >= 4 is 16.4 Å². The fourth-order valence-electron chi connectivity index (χ4n) is 0.526. The van der Waals surface area contributed by atoms with Gasteiger partial charge in [0.15, 0.2) is 0 Å². The summed E-state index contributed by atoms with van der Waals surface area (Å²) in [5.74, 6) is -0.682. The van der Waals surface area contributed by atoms with Gasteiger partial charge in [-0.05, 0) is 6.42 Å². The Morgan fingerprint density at radius 2 is 1.57 bits per heavy atom. The number of unbranched alkanes of at least 4 members (excludes halogenated alkanes) is 2. The molecule has 0 aliphatic heterocycles. The van der Waals surface area contributed by atoms with E-state index in [0.29, 0.717) is 6.42 Å². The first kappa shape index (κ1) is 19.0. The molecule has 0 radical (unpaired) electrons. The number of carbonyl (C=O) groups is 1. The highest BCUT2D eigenvalue weighted by molar-refractivity contribution is 7.79. The number of hydrogen-bond donors (Lipinski definition) is 4. The largest absolute Gasteiger partial charge is 0.481 e. The van der Waals surface area contributed by atoms with Crippen molar-refractivity contribution < 1.29 is 27.4 Å². The summed E-state index contributed by atoms with van der Waals surface area (Å²) < 4.78 is 31.6. The summed E-state index contributed by atoms with van der Waals surface area (Å²) in [7, 11) is -4.67. The normalized spacial score (nSPS) is 9.36. The van der Waals surface area contributed by atoms with Gasteiger partial charge in [0.25, 0.3) is 0 Å². The van der Waals surface area contributed by atoms with Crippen molar-refractivity contribution in [2.75, 3.05) is 0 Å². The lowest BCUT2D eigenvalue weighted by molar-refractivity contribution is -0.137. The number of hydrogen-bond acceptors (Lipinski definition) is 4. The number of carboxylic acid groups (broad SMARTS) is 1. The smallest absolute Gasteiger partial charge is 0.394 e. The van der Waals surface area contributed by atoms with E-state index in [0.717, 1.165) is 19.3 Å². The van der Waals surface area contributed by atoms with Crippen molar-refractivity contribution in [3.8, 4) is 0 Å².